The van der Waals surface area contributed by atoms with Crippen LogP contribution in [-0.4, -0.2) is 46.6 Å². The third kappa shape index (κ3) is 7.23. The van der Waals surface area contributed by atoms with Gasteiger partial charge in [0.25, 0.3) is 0 Å². The summed E-state index contributed by atoms with van der Waals surface area (Å²) in [6.07, 6.45) is 3.12. The van der Waals surface area contributed by atoms with Crippen molar-refractivity contribution in [2.24, 2.45) is 7.05 Å². The summed E-state index contributed by atoms with van der Waals surface area (Å²) in [5.74, 6) is 1.58. The highest BCUT2D eigenvalue weighted by Crippen LogP contribution is 2.28. The van der Waals surface area contributed by atoms with Gasteiger partial charge in [-0.2, -0.15) is 0 Å². The second-order valence-electron chi connectivity index (χ2n) is 7.87. The van der Waals surface area contributed by atoms with E-state index in [1.807, 2.05) is 32.0 Å². The number of nitrogens with one attached hydrogen (secondary N) is 2. The maximum atomic E-state index is 12.5. The molecule has 2 amide bonds. The van der Waals surface area contributed by atoms with E-state index in [4.69, 9.17) is 9.47 Å². The molecule has 0 fully saturated rings. The van der Waals surface area contributed by atoms with Crippen LogP contribution in [0.3, 0.4) is 0 Å². The highest BCUT2D eigenvalue weighted by atomic mass is 127. The molecule has 0 unspecified atom stereocenters. The normalized spacial score (nSPS) is 10.9. The van der Waals surface area contributed by atoms with E-state index in [1.54, 1.807) is 44.0 Å². The van der Waals surface area contributed by atoms with Crippen LogP contribution in [-0.2, 0) is 23.2 Å². The van der Waals surface area contributed by atoms with Gasteiger partial charge in [-0.3, -0.25) is 9.59 Å². The number of anilines is 1. The number of carbonyl (C=O) groups is 2. The molecule has 0 spiro atoms. The minimum Gasteiger partial charge on any atom is -0.493 e. The Hall–Kier alpha value is -3.06. The van der Waals surface area contributed by atoms with Crippen LogP contribution < -0.4 is 20.1 Å². The van der Waals surface area contributed by atoms with Crippen LogP contribution in [0.5, 0.6) is 11.5 Å². The molecule has 0 aliphatic rings. The fraction of sp³-hybridized carbons (Fsp3) is 0.280. The number of ether oxygens (including phenoxy) is 2. The maximum Gasteiger partial charge on any atom is 0.244 e. The molecule has 3 aromatic rings. The summed E-state index contributed by atoms with van der Waals surface area (Å²) in [6.45, 7) is 4.15. The van der Waals surface area contributed by atoms with E-state index >= 15 is 0 Å². The third-order valence-corrected chi connectivity index (χ3v) is 6.92. The Kier molecular flexibility index (Phi) is 9.76. The van der Waals surface area contributed by atoms with Crippen molar-refractivity contribution >= 4 is 57.9 Å². The van der Waals surface area contributed by atoms with Gasteiger partial charge < -0.3 is 24.7 Å². The van der Waals surface area contributed by atoms with Crippen LogP contribution in [0.15, 0.2) is 41.6 Å². The second kappa shape index (κ2) is 12.8. The molecule has 1 heterocycles. The molecule has 190 valence electrons. The Morgan fingerprint density at radius 2 is 1.78 bits per heavy atom. The van der Waals surface area contributed by atoms with Gasteiger partial charge in [0.05, 0.1) is 26.5 Å². The molecule has 3 rings (SSSR count). The number of aryl methyl sites for hydroxylation is 2. The van der Waals surface area contributed by atoms with Gasteiger partial charge in [0.1, 0.15) is 0 Å². The maximum absolute atomic E-state index is 12.5. The number of amides is 2. The van der Waals surface area contributed by atoms with Crippen molar-refractivity contribution in [2.45, 2.75) is 25.5 Å². The lowest BCUT2D eigenvalue weighted by Crippen LogP contribution is -2.22. The molecule has 9 nitrogen and oxygen atoms in total. The molecule has 0 saturated carbocycles. The highest BCUT2D eigenvalue weighted by Gasteiger charge is 2.14. The SMILES string of the molecule is COc1ccc(C=CC(=O)NCc2nnc(SCC(=O)Nc3c(C)cc(I)cc3C)n2C)cc1OC. The number of aromatic nitrogens is 3. The first-order chi connectivity index (χ1) is 17.2. The molecule has 0 saturated heterocycles. The van der Waals surface area contributed by atoms with Crippen molar-refractivity contribution in [3.8, 4) is 11.5 Å². The van der Waals surface area contributed by atoms with Crippen LogP contribution >= 0.6 is 34.4 Å². The average Bonchev–Trinajstić information content (AvgIpc) is 3.21. The molecule has 2 N–H and O–H groups in total. The predicted octanol–water partition coefficient (Wildman–Crippen LogP) is 4.11. The van der Waals surface area contributed by atoms with Crippen molar-refractivity contribution in [1.29, 1.82) is 0 Å². The Bertz CT molecular complexity index is 1270. The largest absolute Gasteiger partial charge is 0.493 e. The van der Waals surface area contributed by atoms with Gasteiger partial charge in [-0.05, 0) is 83.5 Å². The standard InChI is InChI=1S/C25H28IN5O4S/c1-15-10-18(26)11-16(2)24(15)28-23(33)14-36-25-30-29-21(31(25)3)13-27-22(32)9-7-17-6-8-19(34-4)20(12-17)35-5/h6-12H,13-14H2,1-5H3,(H,27,32)(H,28,33). The van der Waals surface area contributed by atoms with Crippen molar-refractivity contribution in [3.63, 3.8) is 0 Å². The molecule has 36 heavy (non-hydrogen) atoms. The summed E-state index contributed by atoms with van der Waals surface area (Å²) >= 11 is 3.55. The molecule has 11 heteroatoms. The summed E-state index contributed by atoms with van der Waals surface area (Å²) in [7, 11) is 4.93. The number of thioether (sulfide) groups is 1. The number of nitrogens with zero attached hydrogens (tertiary/aromatic N) is 3. The van der Waals surface area contributed by atoms with E-state index < -0.39 is 0 Å². The van der Waals surface area contributed by atoms with Gasteiger partial charge in [-0.25, -0.2) is 0 Å². The topological polar surface area (TPSA) is 107 Å². The van der Waals surface area contributed by atoms with Crippen LogP contribution in [0.4, 0.5) is 5.69 Å². The Balaban J connectivity index is 1.52. The number of hydrogen-bond donors (Lipinski definition) is 2. The molecule has 0 aliphatic carbocycles. The molecular formula is C25H28IN5O4S. The van der Waals surface area contributed by atoms with Crippen LogP contribution in [0.1, 0.15) is 22.5 Å². The Labute approximate surface area is 228 Å². The minimum atomic E-state index is -0.273. The van der Waals surface area contributed by atoms with Crippen LogP contribution in [0.25, 0.3) is 6.08 Å². The summed E-state index contributed by atoms with van der Waals surface area (Å²) in [5, 5.41) is 14.7. The zero-order valence-corrected chi connectivity index (χ0v) is 23.7. The Morgan fingerprint density at radius 3 is 2.44 bits per heavy atom. The Morgan fingerprint density at radius 1 is 1.08 bits per heavy atom. The second-order valence-corrected chi connectivity index (χ2v) is 10.1. The van der Waals surface area contributed by atoms with E-state index in [1.165, 1.54) is 17.8 Å². The predicted molar refractivity (Wildman–Crippen MR) is 149 cm³/mol. The van der Waals surface area contributed by atoms with E-state index in [0.717, 1.165) is 25.9 Å². The summed E-state index contributed by atoms with van der Waals surface area (Å²) in [6, 6.07) is 9.45. The van der Waals surface area contributed by atoms with E-state index in [2.05, 4.69) is 43.4 Å². The van der Waals surface area contributed by atoms with Crippen molar-refractivity contribution in [3.05, 3.63) is 62.5 Å². The van der Waals surface area contributed by atoms with Gasteiger partial charge in [0.2, 0.25) is 11.8 Å². The lowest BCUT2D eigenvalue weighted by atomic mass is 10.1. The van der Waals surface area contributed by atoms with Crippen molar-refractivity contribution < 1.29 is 19.1 Å². The minimum absolute atomic E-state index is 0.120. The number of benzene rings is 2. The van der Waals surface area contributed by atoms with Gasteiger partial charge in [0.15, 0.2) is 22.5 Å². The fourth-order valence-electron chi connectivity index (χ4n) is 3.39. The fourth-order valence-corrected chi connectivity index (χ4v) is 5.06. The van der Waals surface area contributed by atoms with Crippen molar-refractivity contribution in [2.75, 3.05) is 25.3 Å². The van der Waals surface area contributed by atoms with E-state index in [9.17, 15) is 9.59 Å². The number of hydrogen-bond acceptors (Lipinski definition) is 7. The van der Waals surface area contributed by atoms with Crippen LogP contribution in [0.2, 0.25) is 0 Å². The van der Waals surface area contributed by atoms with Gasteiger partial charge in [-0.15, -0.1) is 10.2 Å². The first-order valence-corrected chi connectivity index (χ1v) is 13.0. The third-order valence-electron chi connectivity index (χ3n) is 5.27. The zero-order chi connectivity index (χ0) is 26.2. The summed E-state index contributed by atoms with van der Waals surface area (Å²) in [5.41, 5.74) is 3.68. The van der Waals surface area contributed by atoms with Crippen LogP contribution in [0, 0.1) is 17.4 Å². The van der Waals surface area contributed by atoms with E-state index in [-0.39, 0.29) is 24.1 Å². The lowest BCUT2D eigenvalue weighted by Gasteiger charge is -2.12. The number of methoxy groups -OCH3 is 2. The molecular weight excluding hydrogens is 593 g/mol. The summed E-state index contributed by atoms with van der Waals surface area (Å²) < 4.78 is 13.4. The smallest absolute Gasteiger partial charge is 0.244 e. The first kappa shape index (κ1) is 27.5. The van der Waals surface area contributed by atoms with Crippen molar-refractivity contribution in [1.82, 2.24) is 20.1 Å². The quantitative estimate of drug-likeness (QED) is 0.199. The lowest BCUT2D eigenvalue weighted by molar-refractivity contribution is -0.116. The zero-order valence-electron chi connectivity index (χ0n) is 20.7. The molecule has 1 aromatic heterocycles. The van der Waals surface area contributed by atoms with Gasteiger partial charge >= 0.3 is 0 Å². The number of carbonyl (C=O) groups excluding carboxylic acids is 2. The average molecular weight is 622 g/mol. The number of halogens is 1. The summed E-state index contributed by atoms with van der Waals surface area (Å²) in [4.78, 5) is 24.8. The molecule has 2 aromatic carbocycles. The molecule has 0 bridgehead atoms. The first-order valence-electron chi connectivity index (χ1n) is 11.0. The molecule has 0 atom stereocenters. The number of rotatable bonds is 10. The van der Waals surface area contributed by atoms with E-state index in [0.29, 0.717) is 22.5 Å². The van der Waals surface area contributed by atoms with Gasteiger partial charge in [-0.1, -0.05) is 17.8 Å². The molecule has 0 aliphatic heterocycles. The van der Waals surface area contributed by atoms with Gasteiger partial charge in [0, 0.05) is 22.4 Å². The molecule has 0 radical (unpaired) electrons. The monoisotopic (exact) mass is 621 g/mol. The highest BCUT2D eigenvalue weighted by molar-refractivity contribution is 14.1.